The molecule has 6 nitrogen and oxygen atoms in total. The van der Waals surface area contributed by atoms with E-state index in [-0.39, 0.29) is 12.6 Å². The van der Waals surface area contributed by atoms with Gasteiger partial charge in [-0.25, -0.2) is 10.8 Å². The van der Waals surface area contributed by atoms with Gasteiger partial charge in [-0.05, 0) is 25.8 Å². The summed E-state index contributed by atoms with van der Waals surface area (Å²) in [6, 6.07) is 2.04. The van der Waals surface area contributed by atoms with Crippen molar-refractivity contribution in [2.24, 2.45) is 5.84 Å². The Labute approximate surface area is 88.9 Å². The Morgan fingerprint density at radius 2 is 2.40 bits per heavy atom. The number of hydrogen-bond acceptors (Lipinski definition) is 6. The standard InChI is InChI=1S/C9H17N5O/c1-7(3-2-6-15)12-8-4-5-11-9(13-8)14-10/h4-5,7,15H,2-3,6,10H2,1H3,(H2,11,12,13,14). The number of aliphatic hydroxyl groups is 1. The molecule has 0 saturated carbocycles. The molecule has 15 heavy (non-hydrogen) atoms. The van der Waals surface area contributed by atoms with Crippen LogP contribution in [-0.4, -0.2) is 27.7 Å². The Balaban J connectivity index is 2.48. The summed E-state index contributed by atoms with van der Waals surface area (Å²) >= 11 is 0. The van der Waals surface area contributed by atoms with Crippen molar-refractivity contribution < 1.29 is 5.11 Å². The summed E-state index contributed by atoms with van der Waals surface area (Å²) in [5.41, 5.74) is 2.38. The zero-order valence-electron chi connectivity index (χ0n) is 8.77. The maximum absolute atomic E-state index is 8.68. The monoisotopic (exact) mass is 211 g/mol. The van der Waals surface area contributed by atoms with E-state index >= 15 is 0 Å². The molecule has 1 atom stereocenters. The molecule has 0 aliphatic rings. The van der Waals surface area contributed by atoms with Crippen LogP contribution in [0.2, 0.25) is 0 Å². The van der Waals surface area contributed by atoms with Gasteiger partial charge in [-0.1, -0.05) is 0 Å². The minimum atomic E-state index is 0.214. The van der Waals surface area contributed by atoms with Crippen molar-refractivity contribution in [3.05, 3.63) is 12.3 Å². The fraction of sp³-hybridized carbons (Fsp3) is 0.556. The molecular weight excluding hydrogens is 194 g/mol. The maximum Gasteiger partial charge on any atom is 0.239 e. The van der Waals surface area contributed by atoms with E-state index in [0.717, 1.165) is 18.7 Å². The van der Waals surface area contributed by atoms with Gasteiger partial charge in [-0.3, -0.25) is 5.43 Å². The fourth-order valence-electron chi connectivity index (χ4n) is 1.23. The van der Waals surface area contributed by atoms with Gasteiger partial charge in [-0.2, -0.15) is 4.98 Å². The van der Waals surface area contributed by atoms with Gasteiger partial charge in [0.2, 0.25) is 5.95 Å². The minimum absolute atomic E-state index is 0.214. The molecule has 1 aromatic heterocycles. The molecule has 1 aromatic rings. The van der Waals surface area contributed by atoms with Gasteiger partial charge in [0.05, 0.1) is 0 Å². The third-order valence-electron chi connectivity index (χ3n) is 1.97. The molecule has 0 bridgehead atoms. The molecule has 0 aliphatic carbocycles. The highest BCUT2D eigenvalue weighted by Crippen LogP contribution is 2.08. The summed E-state index contributed by atoms with van der Waals surface area (Å²) in [7, 11) is 0. The van der Waals surface area contributed by atoms with Crippen LogP contribution >= 0.6 is 0 Å². The van der Waals surface area contributed by atoms with Crippen molar-refractivity contribution in [3.63, 3.8) is 0 Å². The lowest BCUT2D eigenvalue weighted by molar-refractivity contribution is 0.282. The van der Waals surface area contributed by atoms with Crippen LogP contribution in [-0.2, 0) is 0 Å². The smallest absolute Gasteiger partial charge is 0.239 e. The van der Waals surface area contributed by atoms with Crippen LogP contribution < -0.4 is 16.6 Å². The molecule has 0 aliphatic heterocycles. The van der Waals surface area contributed by atoms with E-state index in [2.05, 4.69) is 20.7 Å². The highest BCUT2D eigenvalue weighted by Gasteiger charge is 2.03. The predicted molar refractivity (Wildman–Crippen MR) is 59.2 cm³/mol. The van der Waals surface area contributed by atoms with Crippen LogP contribution in [0.15, 0.2) is 12.3 Å². The molecule has 1 heterocycles. The Morgan fingerprint density at radius 1 is 1.60 bits per heavy atom. The quantitative estimate of drug-likeness (QED) is 0.400. The highest BCUT2D eigenvalue weighted by molar-refractivity contribution is 5.39. The summed E-state index contributed by atoms with van der Waals surface area (Å²) in [5, 5.41) is 11.9. The summed E-state index contributed by atoms with van der Waals surface area (Å²) in [6.07, 6.45) is 3.30. The van der Waals surface area contributed by atoms with Crippen molar-refractivity contribution in [2.75, 3.05) is 17.3 Å². The number of rotatable bonds is 6. The summed E-state index contributed by atoms with van der Waals surface area (Å²) in [5.74, 6) is 6.30. The molecule has 0 radical (unpaired) electrons. The van der Waals surface area contributed by atoms with Crippen molar-refractivity contribution in [1.29, 1.82) is 0 Å². The first-order valence-corrected chi connectivity index (χ1v) is 4.93. The van der Waals surface area contributed by atoms with E-state index in [1.807, 2.05) is 6.92 Å². The van der Waals surface area contributed by atoms with Gasteiger partial charge in [0.1, 0.15) is 5.82 Å². The first-order chi connectivity index (χ1) is 7.26. The summed E-state index contributed by atoms with van der Waals surface area (Å²) < 4.78 is 0. The minimum Gasteiger partial charge on any atom is -0.396 e. The largest absolute Gasteiger partial charge is 0.396 e. The lowest BCUT2D eigenvalue weighted by Crippen LogP contribution is -2.18. The molecule has 1 rings (SSSR count). The number of aromatic nitrogens is 2. The third-order valence-corrected chi connectivity index (χ3v) is 1.97. The summed E-state index contributed by atoms with van der Waals surface area (Å²) in [4.78, 5) is 8.02. The number of nitrogens with zero attached hydrogens (tertiary/aromatic N) is 2. The van der Waals surface area contributed by atoms with E-state index in [1.165, 1.54) is 0 Å². The summed E-state index contributed by atoms with van der Waals surface area (Å²) in [6.45, 7) is 2.25. The number of nitrogens with one attached hydrogen (secondary N) is 2. The topological polar surface area (TPSA) is 96.1 Å². The Hall–Kier alpha value is -1.40. The third kappa shape index (κ3) is 4.09. The number of hydrazine groups is 1. The average Bonchev–Trinajstić information content (AvgIpc) is 2.26. The average molecular weight is 211 g/mol. The Kier molecular flexibility index (Phi) is 4.79. The number of anilines is 2. The van der Waals surface area contributed by atoms with E-state index in [4.69, 9.17) is 10.9 Å². The number of nitrogens with two attached hydrogens (primary N) is 1. The van der Waals surface area contributed by atoms with Gasteiger partial charge in [-0.15, -0.1) is 0 Å². The van der Waals surface area contributed by atoms with Crippen molar-refractivity contribution in [3.8, 4) is 0 Å². The second kappa shape index (κ2) is 6.15. The van der Waals surface area contributed by atoms with Crippen LogP contribution in [0.3, 0.4) is 0 Å². The number of hydrogen-bond donors (Lipinski definition) is 4. The molecule has 84 valence electrons. The van der Waals surface area contributed by atoms with Gasteiger partial charge in [0.15, 0.2) is 0 Å². The highest BCUT2D eigenvalue weighted by atomic mass is 16.2. The predicted octanol–water partition coefficient (Wildman–Crippen LogP) is 0.335. The fourth-order valence-corrected chi connectivity index (χ4v) is 1.23. The molecule has 0 spiro atoms. The molecular formula is C9H17N5O. The second-order valence-electron chi connectivity index (χ2n) is 3.32. The maximum atomic E-state index is 8.68. The Morgan fingerprint density at radius 3 is 3.07 bits per heavy atom. The molecule has 5 N–H and O–H groups in total. The van der Waals surface area contributed by atoms with E-state index in [1.54, 1.807) is 12.3 Å². The zero-order chi connectivity index (χ0) is 11.1. The van der Waals surface area contributed by atoms with Gasteiger partial charge < -0.3 is 10.4 Å². The SMILES string of the molecule is CC(CCCO)Nc1ccnc(NN)n1. The lowest BCUT2D eigenvalue weighted by atomic mass is 10.2. The molecule has 0 amide bonds. The van der Waals surface area contributed by atoms with Crippen LogP contribution in [0.1, 0.15) is 19.8 Å². The first kappa shape index (κ1) is 11.7. The van der Waals surface area contributed by atoms with E-state index in [0.29, 0.717) is 5.95 Å². The van der Waals surface area contributed by atoms with Crippen LogP contribution in [0.5, 0.6) is 0 Å². The van der Waals surface area contributed by atoms with Gasteiger partial charge in [0, 0.05) is 18.8 Å². The number of nitrogen functional groups attached to an aromatic ring is 1. The Bertz CT molecular complexity index is 294. The lowest BCUT2D eigenvalue weighted by Gasteiger charge is -2.13. The van der Waals surface area contributed by atoms with Crippen LogP contribution in [0.4, 0.5) is 11.8 Å². The van der Waals surface area contributed by atoms with Crippen LogP contribution in [0.25, 0.3) is 0 Å². The van der Waals surface area contributed by atoms with Gasteiger partial charge in [0.25, 0.3) is 0 Å². The molecule has 0 saturated heterocycles. The first-order valence-electron chi connectivity index (χ1n) is 4.93. The van der Waals surface area contributed by atoms with E-state index in [9.17, 15) is 0 Å². The van der Waals surface area contributed by atoms with Crippen molar-refractivity contribution in [2.45, 2.75) is 25.8 Å². The van der Waals surface area contributed by atoms with Gasteiger partial charge >= 0.3 is 0 Å². The van der Waals surface area contributed by atoms with E-state index < -0.39 is 0 Å². The molecule has 6 heteroatoms. The van der Waals surface area contributed by atoms with Crippen LogP contribution in [0, 0.1) is 0 Å². The normalized spacial score (nSPS) is 12.2. The van der Waals surface area contributed by atoms with Crippen molar-refractivity contribution in [1.82, 2.24) is 9.97 Å². The zero-order valence-corrected chi connectivity index (χ0v) is 8.77. The number of aliphatic hydroxyl groups excluding tert-OH is 1. The van der Waals surface area contributed by atoms with Crippen molar-refractivity contribution >= 4 is 11.8 Å². The molecule has 0 fully saturated rings. The molecule has 1 unspecified atom stereocenters. The molecule has 0 aromatic carbocycles. The second-order valence-corrected chi connectivity index (χ2v) is 3.32.